The number of hydrogen-bond acceptors (Lipinski definition) is 4. The predicted octanol–water partition coefficient (Wildman–Crippen LogP) is 1.49. The summed E-state index contributed by atoms with van der Waals surface area (Å²) >= 11 is 0. The van der Waals surface area contributed by atoms with Crippen molar-refractivity contribution in [3.05, 3.63) is 30.1 Å². The van der Waals surface area contributed by atoms with Crippen molar-refractivity contribution >= 4 is 10.1 Å². The van der Waals surface area contributed by atoms with E-state index in [4.69, 9.17) is 0 Å². The SMILES string of the molecule is CC1(S(=O)(=O)O)CCC(O)(c2ccccn2)CC1. The highest BCUT2D eigenvalue weighted by Gasteiger charge is 2.47. The Balaban J connectivity index is 2.21. The molecule has 0 saturated heterocycles. The highest BCUT2D eigenvalue weighted by Crippen LogP contribution is 2.43. The van der Waals surface area contributed by atoms with Crippen molar-refractivity contribution < 1.29 is 18.1 Å². The normalized spacial score (nSPS) is 33.3. The average Bonchev–Trinajstić information content (AvgIpc) is 2.33. The van der Waals surface area contributed by atoms with E-state index in [-0.39, 0.29) is 25.7 Å². The minimum absolute atomic E-state index is 0.221. The highest BCUT2D eigenvalue weighted by molar-refractivity contribution is 7.87. The van der Waals surface area contributed by atoms with Crippen LogP contribution in [-0.4, -0.2) is 27.8 Å². The van der Waals surface area contributed by atoms with E-state index in [0.717, 1.165) is 0 Å². The maximum atomic E-state index is 11.3. The summed E-state index contributed by atoms with van der Waals surface area (Å²) in [4.78, 5) is 4.12. The molecular weight excluding hydrogens is 254 g/mol. The van der Waals surface area contributed by atoms with Crippen LogP contribution in [0.3, 0.4) is 0 Å². The van der Waals surface area contributed by atoms with Crippen LogP contribution >= 0.6 is 0 Å². The van der Waals surface area contributed by atoms with Gasteiger partial charge in [0.1, 0.15) is 5.60 Å². The largest absolute Gasteiger partial charge is 0.384 e. The van der Waals surface area contributed by atoms with E-state index in [1.54, 1.807) is 24.4 Å². The van der Waals surface area contributed by atoms with Crippen molar-refractivity contribution in [2.45, 2.75) is 43.0 Å². The molecule has 1 aromatic heterocycles. The summed E-state index contributed by atoms with van der Waals surface area (Å²) < 4.78 is 30.7. The Labute approximate surface area is 107 Å². The van der Waals surface area contributed by atoms with Gasteiger partial charge in [0.2, 0.25) is 0 Å². The van der Waals surface area contributed by atoms with E-state index in [1.807, 2.05) is 0 Å². The van der Waals surface area contributed by atoms with Gasteiger partial charge in [0.15, 0.2) is 0 Å². The summed E-state index contributed by atoms with van der Waals surface area (Å²) in [5.41, 5.74) is -0.534. The second-order valence-electron chi connectivity index (χ2n) is 5.17. The predicted molar refractivity (Wildman–Crippen MR) is 66.6 cm³/mol. The van der Waals surface area contributed by atoms with Crippen LogP contribution in [0.15, 0.2) is 24.4 Å². The number of aliphatic hydroxyl groups is 1. The molecule has 100 valence electrons. The lowest BCUT2D eigenvalue weighted by Gasteiger charge is -2.39. The van der Waals surface area contributed by atoms with Crippen molar-refractivity contribution in [3.8, 4) is 0 Å². The fourth-order valence-electron chi connectivity index (χ4n) is 2.34. The first-order valence-electron chi connectivity index (χ1n) is 5.88. The van der Waals surface area contributed by atoms with E-state index in [1.165, 1.54) is 6.92 Å². The third-order valence-corrected chi connectivity index (χ3v) is 5.55. The monoisotopic (exact) mass is 271 g/mol. The minimum Gasteiger partial charge on any atom is -0.384 e. The lowest BCUT2D eigenvalue weighted by molar-refractivity contribution is -0.0128. The van der Waals surface area contributed by atoms with E-state index in [2.05, 4.69) is 4.98 Å². The van der Waals surface area contributed by atoms with Crippen molar-refractivity contribution in [2.75, 3.05) is 0 Å². The molecule has 1 fully saturated rings. The molecule has 5 nitrogen and oxygen atoms in total. The molecule has 1 aliphatic rings. The number of pyridine rings is 1. The zero-order valence-corrected chi connectivity index (χ0v) is 11.0. The highest BCUT2D eigenvalue weighted by atomic mass is 32.2. The van der Waals surface area contributed by atoms with E-state index >= 15 is 0 Å². The Morgan fingerprint density at radius 1 is 1.22 bits per heavy atom. The zero-order valence-electron chi connectivity index (χ0n) is 10.2. The van der Waals surface area contributed by atoms with Crippen molar-refractivity contribution in [2.24, 2.45) is 0 Å². The maximum Gasteiger partial charge on any atom is 0.270 e. The standard InChI is InChI=1S/C12H17NO4S/c1-11(18(15,16)17)5-7-12(14,8-6-11)10-4-2-3-9-13-10/h2-4,9,14H,5-8H2,1H3,(H,15,16,17). The van der Waals surface area contributed by atoms with Gasteiger partial charge in [-0.05, 0) is 44.7 Å². The van der Waals surface area contributed by atoms with Crippen molar-refractivity contribution in [3.63, 3.8) is 0 Å². The van der Waals surface area contributed by atoms with E-state index in [0.29, 0.717) is 5.69 Å². The molecule has 0 atom stereocenters. The van der Waals surface area contributed by atoms with Gasteiger partial charge in [-0.1, -0.05) is 6.07 Å². The van der Waals surface area contributed by atoms with Gasteiger partial charge in [-0.2, -0.15) is 8.42 Å². The van der Waals surface area contributed by atoms with Gasteiger partial charge in [0.05, 0.1) is 10.4 Å². The van der Waals surface area contributed by atoms with Crippen LogP contribution in [0.2, 0.25) is 0 Å². The molecule has 1 heterocycles. The molecule has 0 aliphatic heterocycles. The van der Waals surface area contributed by atoms with Gasteiger partial charge in [-0.15, -0.1) is 0 Å². The molecule has 0 radical (unpaired) electrons. The lowest BCUT2D eigenvalue weighted by Crippen LogP contribution is -2.44. The third-order valence-electron chi connectivity index (χ3n) is 3.90. The molecule has 2 rings (SSSR count). The first-order valence-corrected chi connectivity index (χ1v) is 7.32. The number of nitrogens with zero attached hydrogens (tertiary/aromatic N) is 1. The third kappa shape index (κ3) is 2.28. The second kappa shape index (κ2) is 4.29. The lowest BCUT2D eigenvalue weighted by atomic mass is 9.77. The number of aromatic nitrogens is 1. The van der Waals surface area contributed by atoms with E-state index < -0.39 is 20.5 Å². The Morgan fingerprint density at radius 3 is 2.28 bits per heavy atom. The Hall–Kier alpha value is -0.980. The summed E-state index contributed by atoms with van der Waals surface area (Å²) in [5, 5.41) is 10.5. The van der Waals surface area contributed by atoms with Crippen LogP contribution in [-0.2, 0) is 15.7 Å². The molecule has 0 bridgehead atoms. The second-order valence-corrected chi connectivity index (χ2v) is 7.11. The number of rotatable bonds is 2. The molecule has 0 amide bonds. The van der Waals surface area contributed by atoms with Gasteiger partial charge in [-0.3, -0.25) is 9.54 Å². The van der Waals surface area contributed by atoms with Gasteiger partial charge in [0, 0.05) is 6.20 Å². The van der Waals surface area contributed by atoms with Crippen LogP contribution in [0, 0.1) is 0 Å². The molecule has 1 saturated carbocycles. The number of hydrogen-bond donors (Lipinski definition) is 2. The molecule has 2 N–H and O–H groups in total. The first-order chi connectivity index (χ1) is 8.27. The quantitative estimate of drug-likeness (QED) is 0.796. The molecule has 0 aromatic carbocycles. The van der Waals surface area contributed by atoms with Gasteiger partial charge in [0.25, 0.3) is 10.1 Å². The maximum absolute atomic E-state index is 11.3. The molecule has 1 aromatic rings. The first kappa shape index (κ1) is 13.5. The summed E-state index contributed by atoms with van der Waals surface area (Å²) in [6.45, 7) is 1.51. The molecule has 0 unspecified atom stereocenters. The fourth-order valence-corrected chi connectivity index (χ4v) is 3.06. The molecule has 6 heteroatoms. The van der Waals surface area contributed by atoms with Crippen LogP contribution in [0.4, 0.5) is 0 Å². The summed E-state index contributed by atoms with van der Waals surface area (Å²) in [5.74, 6) is 0. The fraction of sp³-hybridized carbons (Fsp3) is 0.583. The summed E-state index contributed by atoms with van der Waals surface area (Å²) in [6, 6.07) is 5.28. The van der Waals surface area contributed by atoms with E-state index in [9.17, 15) is 18.1 Å². The molecular formula is C12H17NO4S. The minimum atomic E-state index is -4.09. The summed E-state index contributed by atoms with van der Waals surface area (Å²) in [7, 11) is -4.09. The zero-order chi connectivity index (χ0) is 13.4. The average molecular weight is 271 g/mol. The van der Waals surface area contributed by atoms with Crippen LogP contribution in [0.25, 0.3) is 0 Å². The van der Waals surface area contributed by atoms with Gasteiger partial charge >= 0.3 is 0 Å². The molecule has 18 heavy (non-hydrogen) atoms. The topological polar surface area (TPSA) is 87.5 Å². The van der Waals surface area contributed by atoms with Gasteiger partial charge < -0.3 is 5.11 Å². The van der Waals surface area contributed by atoms with Crippen molar-refractivity contribution in [1.82, 2.24) is 4.98 Å². The van der Waals surface area contributed by atoms with Crippen molar-refractivity contribution in [1.29, 1.82) is 0 Å². The summed E-state index contributed by atoms with van der Waals surface area (Å²) in [6.07, 6.45) is 2.60. The molecule has 1 aliphatic carbocycles. The van der Waals surface area contributed by atoms with Gasteiger partial charge in [-0.25, -0.2) is 0 Å². The smallest absolute Gasteiger partial charge is 0.270 e. The Bertz CT molecular complexity index is 518. The molecule has 0 spiro atoms. The Morgan fingerprint density at radius 2 is 1.83 bits per heavy atom. The Kier molecular flexibility index (Phi) is 3.21. The van der Waals surface area contributed by atoms with Crippen LogP contribution < -0.4 is 0 Å². The van der Waals surface area contributed by atoms with Crippen LogP contribution in [0.5, 0.6) is 0 Å². The van der Waals surface area contributed by atoms with Crippen LogP contribution in [0.1, 0.15) is 38.3 Å².